The van der Waals surface area contributed by atoms with E-state index in [9.17, 15) is 14.4 Å². The van der Waals surface area contributed by atoms with Crippen LogP contribution in [0.5, 0.6) is 5.75 Å². The summed E-state index contributed by atoms with van der Waals surface area (Å²) in [6.07, 6.45) is 0. The fourth-order valence-electron chi connectivity index (χ4n) is 2.25. The molecule has 0 aliphatic carbocycles. The SMILES string of the molecule is CCOC(=O)c1cc(C(C)C)sc1NC(=O)COc1ccccc1C(N)=O. The molecule has 27 heavy (non-hydrogen) atoms. The van der Waals surface area contributed by atoms with Crippen molar-refractivity contribution in [3.63, 3.8) is 0 Å². The lowest BCUT2D eigenvalue weighted by Crippen LogP contribution is -2.22. The lowest BCUT2D eigenvalue weighted by molar-refractivity contribution is -0.118. The normalized spacial score (nSPS) is 10.5. The van der Waals surface area contributed by atoms with Crippen LogP contribution in [0.3, 0.4) is 0 Å². The van der Waals surface area contributed by atoms with Crippen LogP contribution in [-0.2, 0) is 9.53 Å². The highest BCUT2D eigenvalue weighted by atomic mass is 32.1. The van der Waals surface area contributed by atoms with E-state index in [0.717, 1.165) is 4.88 Å². The van der Waals surface area contributed by atoms with Crippen molar-refractivity contribution >= 4 is 34.1 Å². The summed E-state index contributed by atoms with van der Waals surface area (Å²) in [6.45, 7) is 5.62. The van der Waals surface area contributed by atoms with Gasteiger partial charge in [0.15, 0.2) is 6.61 Å². The maximum atomic E-state index is 12.3. The number of rotatable bonds is 8. The number of amides is 2. The summed E-state index contributed by atoms with van der Waals surface area (Å²) in [4.78, 5) is 36.8. The van der Waals surface area contributed by atoms with Crippen LogP contribution < -0.4 is 15.8 Å². The first kappa shape index (κ1) is 20.4. The van der Waals surface area contributed by atoms with Gasteiger partial charge in [0.05, 0.1) is 17.7 Å². The van der Waals surface area contributed by atoms with Crippen LogP contribution in [0.25, 0.3) is 0 Å². The van der Waals surface area contributed by atoms with Gasteiger partial charge in [0.2, 0.25) is 0 Å². The van der Waals surface area contributed by atoms with Gasteiger partial charge in [-0.1, -0.05) is 26.0 Å². The third kappa shape index (κ3) is 5.30. The lowest BCUT2D eigenvalue weighted by Gasteiger charge is -2.10. The molecule has 3 N–H and O–H groups in total. The van der Waals surface area contributed by atoms with Gasteiger partial charge in [-0.15, -0.1) is 11.3 Å². The van der Waals surface area contributed by atoms with Crippen LogP contribution in [0.15, 0.2) is 30.3 Å². The Morgan fingerprint density at radius 3 is 2.52 bits per heavy atom. The van der Waals surface area contributed by atoms with Crippen molar-refractivity contribution in [1.82, 2.24) is 0 Å². The second-order valence-electron chi connectivity index (χ2n) is 5.96. The molecule has 0 atom stereocenters. The molecule has 0 bridgehead atoms. The Hall–Kier alpha value is -2.87. The highest BCUT2D eigenvalue weighted by Gasteiger charge is 2.20. The molecule has 0 aliphatic rings. The Balaban J connectivity index is 2.11. The number of hydrogen-bond acceptors (Lipinski definition) is 6. The first-order chi connectivity index (χ1) is 12.8. The van der Waals surface area contributed by atoms with Crippen molar-refractivity contribution in [2.75, 3.05) is 18.5 Å². The summed E-state index contributed by atoms with van der Waals surface area (Å²) in [5.74, 6) is -1.17. The average Bonchev–Trinajstić information content (AvgIpc) is 3.04. The quantitative estimate of drug-likeness (QED) is 0.673. The number of ether oxygens (including phenoxy) is 2. The minimum Gasteiger partial charge on any atom is -0.483 e. The average molecular weight is 390 g/mol. The summed E-state index contributed by atoms with van der Waals surface area (Å²) in [5.41, 5.74) is 5.79. The Morgan fingerprint density at radius 1 is 1.19 bits per heavy atom. The van der Waals surface area contributed by atoms with E-state index in [-0.39, 0.29) is 30.4 Å². The minimum absolute atomic E-state index is 0.190. The molecular weight excluding hydrogens is 368 g/mol. The van der Waals surface area contributed by atoms with Crippen molar-refractivity contribution in [2.45, 2.75) is 26.7 Å². The predicted molar refractivity (Wildman–Crippen MR) is 103 cm³/mol. The first-order valence-corrected chi connectivity index (χ1v) is 9.27. The van der Waals surface area contributed by atoms with Gasteiger partial charge in [0, 0.05) is 4.88 Å². The van der Waals surface area contributed by atoms with E-state index in [1.807, 2.05) is 13.8 Å². The molecule has 7 nitrogen and oxygen atoms in total. The Labute approximate surface area is 161 Å². The number of nitrogens with one attached hydrogen (secondary N) is 1. The zero-order valence-corrected chi connectivity index (χ0v) is 16.2. The van der Waals surface area contributed by atoms with E-state index >= 15 is 0 Å². The third-order valence-electron chi connectivity index (χ3n) is 3.58. The topological polar surface area (TPSA) is 108 Å². The zero-order chi connectivity index (χ0) is 20.0. The van der Waals surface area contributed by atoms with Crippen molar-refractivity contribution in [3.8, 4) is 5.75 Å². The van der Waals surface area contributed by atoms with Gasteiger partial charge in [0.25, 0.3) is 11.8 Å². The maximum Gasteiger partial charge on any atom is 0.341 e. The summed E-state index contributed by atoms with van der Waals surface area (Å²) < 4.78 is 10.5. The predicted octanol–water partition coefficient (Wildman–Crippen LogP) is 3.16. The Bertz CT molecular complexity index is 844. The van der Waals surface area contributed by atoms with Crippen LogP contribution in [0.4, 0.5) is 5.00 Å². The number of hydrogen-bond donors (Lipinski definition) is 2. The van der Waals surface area contributed by atoms with Gasteiger partial charge >= 0.3 is 5.97 Å². The molecule has 0 aliphatic heterocycles. The minimum atomic E-state index is -0.643. The number of esters is 1. The van der Waals surface area contributed by atoms with Crippen molar-refractivity contribution in [2.24, 2.45) is 5.73 Å². The second kappa shape index (κ2) is 9.18. The number of para-hydroxylation sites is 1. The Kier molecular flexibility index (Phi) is 6.95. The van der Waals surface area contributed by atoms with Gasteiger partial charge in [-0.25, -0.2) is 4.79 Å². The van der Waals surface area contributed by atoms with Gasteiger partial charge in [-0.2, -0.15) is 0 Å². The highest BCUT2D eigenvalue weighted by Crippen LogP contribution is 2.33. The van der Waals surface area contributed by atoms with Crippen LogP contribution >= 0.6 is 11.3 Å². The molecule has 0 unspecified atom stereocenters. The first-order valence-electron chi connectivity index (χ1n) is 8.45. The molecule has 144 valence electrons. The zero-order valence-electron chi connectivity index (χ0n) is 15.4. The number of primary amides is 1. The highest BCUT2D eigenvalue weighted by molar-refractivity contribution is 7.16. The summed E-state index contributed by atoms with van der Waals surface area (Å²) in [5, 5.41) is 3.09. The van der Waals surface area contributed by atoms with Crippen molar-refractivity contribution in [1.29, 1.82) is 0 Å². The number of nitrogens with two attached hydrogens (primary N) is 1. The van der Waals surface area contributed by atoms with Gasteiger partial charge in [-0.05, 0) is 31.0 Å². The van der Waals surface area contributed by atoms with Crippen molar-refractivity contribution in [3.05, 3.63) is 46.3 Å². The molecule has 1 aromatic carbocycles. The van der Waals surface area contributed by atoms with Crippen LogP contribution in [0.2, 0.25) is 0 Å². The van der Waals surface area contributed by atoms with Crippen LogP contribution in [0, 0.1) is 0 Å². The molecule has 2 amide bonds. The van der Waals surface area contributed by atoms with Gasteiger partial charge in [-0.3, -0.25) is 9.59 Å². The van der Waals surface area contributed by atoms with E-state index in [1.54, 1.807) is 31.2 Å². The summed E-state index contributed by atoms with van der Waals surface area (Å²) in [7, 11) is 0. The van der Waals surface area contributed by atoms with E-state index in [2.05, 4.69) is 5.32 Å². The summed E-state index contributed by atoms with van der Waals surface area (Å²) >= 11 is 1.32. The smallest absolute Gasteiger partial charge is 0.341 e. The molecule has 0 radical (unpaired) electrons. The molecule has 0 spiro atoms. The van der Waals surface area contributed by atoms with Crippen LogP contribution in [-0.4, -0.2) is 31.0 Å². The molecular formula is C19H22N2O5S. The fourth-order valence-corrected chi connectivity index (χ4v) is 3.32. The standard InChI is InChI=1S/C19H22N2O5S/c1-4-25-19(24)13-9-15(11(2)3)27-18(13)21-16(22)10-26-14-8-6-5-7-12(14)17(20)23/h5-9,11H,4,10H2,1-3H3,(H2,20,23)(H,21,22). The number of carbonyl (C=O) groups excluding carboxylic acids is 3. The van der Waals surface area contributed by atoms with E-state index in [4.69, 9.17) is 15.2 Å². The van der Waals surface area contributed by atoms with Crippen molar-refractivity contribution < 1.29 is 23.9 Å². The largest absolute Gasteiger partial charge is 0.483 e. The number of thiophene rings is 1. The number of anilines is 1. The van der Waals surface area contributed by atoms with E-state index < -0.39 is 17.8 Å². The molecule has 1 heterocycles. The number of carbonyl (C=O) groups is 3. The molecule has 2 aromatic rings. The Morgan fingerprint density at radius 2 is 1.89 bits per heavy atom. The third-order valence-corrected chi connectivity index (χ3v) is 4.93. The molecule has 0 saturated carbocycles. The molecule has 0 saturated heterocycles. The fraction of sp³-hybridized carbons (Fsp3) is 0.316. The summed E-state index contributed by atoms with van der Waals surface area (Å²) in [6, 6.07) is 8.12. The van der Waals surface area contributed by atoms with Crippen LogP contribution in [0.1, 0.15) is 52.3 Å². The second-order valence-corrected chi connectivity index (χ2v) is 7.05. The molecule has 8 heteroatoms. The van der Waals surface area contributed by atoms with Gasteiger partial charge < -0.3 is 20.5 Å². The maximum absolute atomic E-state index is 12.3. The van der Waals surface area contributed by atoms with Gasteiger partial charge in [0.1, 0.15) is 10.8 Å². The molecule has 1 aromatic heterocycles. The molecule has 0 fully saturated rings. The van der Waals surface area contributed by atoms with E-state index in [0.29, 0.717) is 10.6 Å². The van der Waals surface area contributed by atoms with E-state index in [1.165, 1.54) is 17.4 Å². The monoisotopic (exact) mass is 390 g/mol. The number of benzene rings is 1. The lowest BCUT2D eigenvalue weighted by atomic mass is 10.1. The molecule has 2 rings (SSSR count).